The fraction of sp³-hybridized carbons (Fsp3) is 0.400. The minimum atomic E-state index is -0.618. The van der Waals surface area contributed by atoms with Crippen molar-refractivity contribution in [3.8, 4) is 17.2 Å². The summed E-state index contributed by atoms with van der Waals surface area (Å²) < 4.78 is 16.0. The van der Waals surface area contributed by atoms with Crippen LogP contribution in [0.15, 0.2) is 23.4 Å². The zero-order valence-electron chi connectivity index (χ0n) is 13.3. The van der Waals surface area contributed by atoms with Crippen LogP contribution in [0.2, 0.25) is 0 Å². The van der Waals surface area contributed by atoms with E-state index >= 15 is 0 Å². The SMILES string of the molecule is NC(=O)C1=NO[C@H](CNC(=O)NCCOc2ccc3c(c2)OCO3)C1. The van der Waals surface area contributed by atoms with Crippen LogP contribution in [0.25, 0.3) is 0 Å². The zero-order valence-corrected chi connectivity index (χ0v) is 13.3. The summed E-state index contributed by atoms with van der Waals surface area (Å²) in [5, 5.41) is 8.83. The van der Waals surface area contributed by atoms with E-state index in [1.165, 1.54) is 0 Å². The van der Waals surface area contributed by atoms with Gasteiger partial charge in [0, 0.05) is 12.5 Å². The smallest absolute Gasteiger partial charge is 0.315 e. The van der Waals surface area contributed by atoms with Crippen molar-refractivity contribution in [1.29, 1.82) is 0 Å². The number of hydrogen-bond acceptors (Lipinski definition) is 7. The summed E-state index contributed by atoms with van der Waals surface area (Å²) in [5.74, 6) is 1.33. The number of hydrogen-bond donors (Lipinski definition) is 3. The van der Waals surface area contributed by atoms with Crippen LogP contribution in [-0.4, -0.2) is 50.2 Å². The monoisotopic (exact) mass is 350 g/mol. The molecule has 3 amide bonds. The molecule has 3 rings (SSSR count). The molecular weight excluding hydrogens is 332 g/mol. The zero-order chi connectivity index (χ0) is 17.6. The van der Waals surface area contributed by atoms with Crippen molar-refractivity contribution in [2.75, 3.05) is 26.5 Å². The van der Waals surface area contributed by atoms with Crippen molar-refractivity contribution < 1.29 is 28.6 Å². The van der Waals surface area contributed by atoms with Gasteiger partial charge in [-0.3, -0.25) is 4.79 Å². The van der Waals surface area contributed by atoms with Gasteiger partial charge in [0.05, 0.1) is 13.1 Å². The maximum absolute atomic E-state index is 11.7. The van der Waals surface area contributed by atoms with Gasteiger partial charge in [-0.05, 0) is 12.1 Å². The van der Waals surface area contributed by atoms with Gasteiger partial charge >= 0.3 is 6.03 Å². The molecular formula is C15H18N4O6. The van der Waals surface area contributed by atoms with Gasteiger partial charge in [-0.1, -0.05) is 5.16 Å². The maximum Gasteiger partial charge on any atom is 0.315 e. The number of oxime groups is 1. The number of primary amides is 1. The number of nitrogens with two attached hydrogens (primary N) is 1. The van der Waals surface area contributed by atoms with Crippen molar-refractivity contribution >= 4 is 17.6 Å². The molecule has 1 aromatic carbocycles. The van der Waals surface area contributed by atoms with Crippen molar-refractivity contribution in [3.05, 3.63) is 18.2 Å². The van der Waals surface area contributed by atoms with Gasteiger partial charge < -0.3 is 35.4 Å². The van der Waals surface area contributed by atoms with Gasteiger partial charge in [-0.2, -0.15) is 0 Å². The molecule has 2 aliphatic heterocycles. The van der Waals surface area contributed by atoms with Crippen LogP contribution < -0.4 is 30.6 Å². The highest BCUT2D eigenvalue weighted by Crippen LogP contribution is 2.34. The molecule has 10 nitrogen and oxygen atoms in total. The second kappa shape index (κ2) is 7.60. The van der Waals surface area contributed by atoms with Crippen LogP contribution in [0.1, 0.15) is 6.42 Å². The topological polar surface area (TPSA) is 134 Å². The van der Waals surface area contributed by atoms with Crippen LogP contribution in [0.4, 0.5) is 4.79 Å². The van der Waals surface area contributed by atoms with E-state index < -0.39 is 12.0 Å². The summed E-state index contributed by atoms with van der Waals surface area (Å²) in [5.41, 5.74) is 5.27. The van der Waals surface area contributed by atoms with Crippen molar-refractivity contribution in [2.24, 2.45) is 10.9 Å². The molecule has 0 aliphatic carbocycles. The third-order valence-electron chi connectivity index (χ3n) is 3.51. The third-order valence-corrected chi connectivity index (χ3v) is 3.51. The summed E-state index contributed by atoms with van der Waals surface area (Å²) >= 11 is 0. The molecule has 0 radical (unpaired) electrons. The molecule has 134 valence electrons. The Labute approximate surface area is 143 Å². The molecule has 0 aromatic heterocycles. The lowest BCUT2D eigenvalue weighted by atomic mass is 10.2. The van der Waals surface area contributed by atoms with Crippen molar-refractivity contribution in [3.63, 3.8) is 0 Å². The molecule has 25 heavy (non-hydrogen) atoms. The Morgan fingerprint density at radius 3 is 2.92 bits per heavy atom. The number of carbonyl (C=O) groups is 2. The second-order valence-corrected chi connectivity index (χ2v) is 5.33. The van der Waals surface area contributed by atoms with Crippen LogP contribution >= 0.6 is 0 Å². The van der Waals surface area contributed by atoms with Crippen LogP contribution in [0.3, 0.4) is 0 Å². The van der Waals surface area contributed by atoms with Crippen LogP contribution in [0.5, 0.6) is 17.2 Å². The van der Waals surface area contributed by atoms with Gasteiger partial charge in [0.2, 0.25) is 6.79 Å². The molecule has 2 aliphatic rings. The summed E-state index contributed by atoms with van der Waals surface area (Å²) in [6.07, 6.45) is -0.110. The number of fused-ring (bicyclic) bond motifs is 1. The first-order chi connectivity index (χ1) is 12.1. The maximum atomic E-state index is 11.7. The molecule has 0 fully saturated rings. The third kappa shape index (κ3) is 4.43. The van der Waals surface area contributed by atoms with E-state index in [9.17, 15) is 9.59 Å². The van der Waals surface area contributed by atoms with Gasteiger partial charge in [-0.25, -0.2) is 4.79 Å². The summed E-state index contributed by atoms with van der Waals surface area (Å²) in [6, 6.07) is 4.89. The van der Waals surface area contributed by atoms with E-state index in [0.29, 0.717) is 30.4 Å². The molecule has 0 saturated heterocycles. The number of nitrogens with one attached hydrogen (secondary N) is 2. The first-order valence-corrected chi connectivity index (χ1v) is 7.68. The highest BCUT2D eigenvalue weighted by molar-refractivity contribution is 6.38. The average Bonchev–Trinajstić information content (AvgIpc) is 3.25. The average molecular weight is 350 g/mol. The quantitative estimate of drug-likeness (QED) is 0.579. The number of amides is 3. The summed E-state index contributed by atoms with van der Waals surface area (Å²) in [4.78, 5) is 27.6. The Balaban J connectivity index is 1.29. The Morgan fingerprint density at radius 1 is 1.28 bits per heavy atom. The molecule has 10 heteroatoms. The lowest BCUT2D eigenvalue weighted by molar-refractivity contribution is -0.112. The summed E-state index contributed by atoms with van der Waals surface area (Å²) in [7, 11) is 0. The van der Waals surface area contributed by atoms with Crippen molar-refractivity contribution in [2.45, 2.75) is 12.5 Å². The molecule has 0 saturated carbocycles. The molecule has 2 heterocycles. The fourth-order valence-corrected chi connectivity index (χ4v) is 2.25. The number of nitrogens with zero attached hydrogens (tertiary/aromatic N) is 1. The minimum Gasteiger partial charge on any atom is -0.492 e. The first kappa shape index (κ1) is 16.7. The van der Waals surface area contributed by atoms with Gasteiger partial charge in [-0.15, -0.1) is 0 Å². The van der Waals surface area contributed by atoms with E-state index in [2.05, 4.69) is 15.8 Å². The van der Waals surface area contributed by atoms with E-state index in [0.717, 1.165) is 0 Å². The van der Waals surface area contributed by atoms with Gasteiger partial charge in [0.15, 0.2) is 17.6 Å². The number of rotatable bonds is 7. The molecule has 1 aromatic rings. The highest BCUT2D eigenvalue weighted by Gasteiger charge is 2.24. The van der Waals surface area contributed by atoms with Gasteiger partial charge in [0.1, 0.15) is 18.1 Å². The molecule has 1 atom stereocenters. The molecule has 4 N–H and O–H groups in total. The van der Waals surface area contributed by atoms with Crippen LogP contribution in [-0.2, 0) is 9.63 Å². The van der Waals surface area contributed by atoms with E-state index in [4.69, 9.17) is 24.8 Å². The van der Waals surface area contributed by atoms with E-state index in [1.807, 2.05) is 0 Å². The largest absolute Gasteiger partial charge is 0.492 e. The number of benzene rings is 1. The Kier molecular flexibility index (Phi) is 5.07. The minimum absolute atomic E-state index is 0.171. The number of ether oxygens (including phenoxy) is 3. The van der Waals surface area contributed by atoms with Crippen LogP contribution in [0, 0.1) is 0 Å². The lowest BCUT2D eigenvalue weighted by Crippen LogP contribution is -2.41. The Hall–Kier alpha value is -3.17. The molecule has 0 bridgehead atoms. The molecule has 0 unspecified atom stereocenters. The summed E-state index contributed by atoms with van der Waals surface area (Å²) in [6.45, 7) is 1.03. The highest BCUT2D eigenvalue weighted by atomic mass is 16.7. The van der Waals surface area contributed by atoms with E-state index in [-0.39, 0.29) is 31.5 Å². The first-order valence-electron chi connectivity index (χ1n) is 7.68. The fourth-order valence-electron chi connectivity index (χ4n) is 2.25. The van der Waals surface area contributed by atoms with E-state index in [1.54, 1.807) is 18.2 Å². The standard InChI is InChI=1S/C15H18N4O6/c16-14(20)11-5-10(25-19-11)7-18-15(21)17-3-4-22-9-1-2-12-13(6-9)24-8-23-12/h1-2,6,10H,3-5,7-8H2,(H2,16,20)(H2,17,18,21)/t10-/m0/s1. The molecule has 0 spiro atoms. The lowest BCUT2D eigenvalue weighted by Gasteiger charge is -2.11. The number of urea groups is 1. The Bertz CT molecular complexity index is 693. The predicted molar refractivity (Wildman–Crippen MR) is 85.6 cm³/mol. The van der Waals surface area contributed by atoms with Crippen molar-refractivity contribution in [1.82, 2.24) is 10.6 Å². The second-order valence-electron chi connectivity index (χ2n) is 5.33. The Morgan fingerprint density at radius 2 is 2.12 bits per heavy atom. The van der Waals surface area contributed by atoms with Gasteiger partial charge in [0.25, 0.3) is 5.91 Å². The normalized spacial score (nSPS) is 17.4. The number of carbonyl (C=O) groups excluding carboxylic acids is 2. The predicted octanol–water partition coefficient (Wildman–Crippen LogP) is -0.277.